The number of carbonyl (C=O) groups is 2. The quantitative estimate of drug-likeness (QED) is 0.635. The molecule has 1 fully saturated rings. The molecule has 1 aliphatic rings. The molecule has 1 aromatic rings. The van der Waals surface area contributed by atoms with Crippen LogP contribution in [0.5, 0.6) is 0 Å². The zero-order valence-electron chi connectivity index (χ0n) is 14.2. The Morgan fingerprint density at radius 1 is 1.44 bits per heavy atom. The summed E-state index contributed by atoms with van der Waals surface area (Å²) in [6.07, 6.45) is 0.156. The van der Waals surface area contributed by atoms with Crippen molar-refractivity contribution >= 4 is 17.6 Å². The number of hydrogen-bond acceptors (Lipinski definition) is 6. The molecule has 2 rings (SSSR count). The van der Waals surface area contributed by atoms with Crippen molar-refractivity contribution in [3.05, 3.63) is 35.9 Å². The summed E-state index contributed by atoms with van der Waals surface area (Å²) in [5.41, 5.74) is 2.42. The van der Waals surface area contributed by atoms with Crippen molar-refractivity contribution in [1.29, 1.82) is 5.26 Å². The van der Waals surface area contributed by atoms with Crippen molar-refractivity contribution in [2.45, 2.75) is 37.7 Å². The smallest absolute Gasteiger partial charge is 0.315 e. The Morgan fingerprint density at radius 3 is 2.72 bits per heavy atom. The minimum absolute atomic E-state index is 0.128. The van der Waals surface area contributed by atoms with Crippen LogP contribution in [0, 0.1) is 17.2 Å². The first kappa shape index (κ1) is 18.6. The van der Waals surface area contributed by atoms with Crippen LogP contribution < -0.4 is 5.43 Å². The third kappa shape index (κ3) is 4.64. The van der Waals surface area contributed by atoms with Gasteiger partial charge >= 0.3 is 5.97 Å². The third-order valence-electron chi connectivity index (χ3n) is 4.23. The van der Waals surface area contributed by atoms with Gasteiger partial charge in [-0.2, -0.15) is 10.4 Å². The maximum absolute atomic E-state index is 12.4. The molecule has 1 aromatic carbocycles. The lowest BCUT2D eigenvalue weighted by molar-refractivity contribution is -0.144. The Kier molecular flexibility index (Phi) is 5.88. The van der Waals surface area contributed by atoms with E-state index in [1.54, 1.807) is 13.0 Å². The summed E-state index contributed by atoms with van der Waals surface area (Å²) in [5, 5.41) is 23.2. The minimum atomic E-state index is -1.08. The van der Waals surface area contributed by atoms with Crippen LogP contribution in [0.1, 0.15) is 37.7 Å². The van der Waals surface area contributed by atoms with E-state index in [1.165, 1.54) is 7.11 Å². The standard InChI is InChI=1S/C18H21N3O4/c1-18(24)10-13(12-6-4-3-5-7-12)16(17(23)25-2)14(11-18)20-21-15(22)8-9-19/h3-7,13,16,24H,8,10-11H2,1-2H3,(H,21,22). The number of carbonyl (C=O) groups excluding carboxylic acids is 2. The number of aliphatic hydroxyl groups is 1. The zero-order valence-corrected chi connectivity index (χ0v) is 14.2. The number of methoxy groups -OCH3 is 1. The van der Waals surface area contributed by atoms with Crippen LogP contribution in [-0.4, -0.2) is 35.4 Å². The summed E-state index contributed by atoms with van der Waals surface area (Å²) >= 11 is 0. The van der Waals surface area contributed by atoms with Gasteiger partial charge in [0.2, 0.25) is 0 Å². The maximum Gasteiger partial charge on any atom is 0.315 e. The van der Waals surface area contributed by atoms with E-state index >= 15 is 0 Å². The highest BCUT2D eigenvalue weighted by Crippen LogP contribution is 2.41. The molecule has 0 radical (unpaired) electrons. The van der Waals surface area contributed by atoms with E-state index in [4.69, 9.17) is 10.00 Å². The van der Waals surface area contributed by atoms with Crippen LogP contribution in [0.2, 0.25) is 0 Å². The normalized spacial score (nSPS) is 27.4. The van der Waals surface area contributed by atoms with E-state index in [9.17, 15) is 14.7 Å². The van der Waals surface area contributed by atoms with Gasteiger partial charge in [-0.25, -0.2) is 5.43 Å². The van der Waals surface area contributed by atoms with Crippen molar-refractivity contribution in [2.75, 3.05) is 7.11 Å². The number of amides is 1. The van der Waals surface area contributed by atoms with Crippen molar-refractivity contribution in [1.82, 2.24) is 5.43 Å². The number of nitrogens with zero attached hydrogens (tertiary/aromatic N) is 2. The summed E-state index contributed by atoms with van der Waals surface area (Å²) in [4.78, 5) is 23.9. The lowest BCUT2D eigenvalue weighted by Crippen LogP contribution is -2.46. The first-order valence-corrected chi connectivity index (χ1v) is 7.95. The predicted octanol–water partition coefficient (Wildman–Crippen LogP) is 1.49. The van der Waals surface area contributed by atoms with Gasteiger partial charge in [-0.05, 0) is 18.9 Å². The van der Waals surface area contributed by atoms with Crippen molar-refractivity contribution < 1.29 is 19.4 Å². The first-order chi connectivity index (χ1) is 11.9. The molecule has 0 aromatic heterocycles. The van der Waals surface area contributed by atoms with Crippen LogP contribution in [-0.2, 0) is 14.3 Å². The summed E-state index contributed by atoms with van der Waals surface area (Å²) in [6.45, 7) is 1.67. The van der Waals surface area contributed by atoms with Gasteiger partial charge < -0.3 is 9.84 Å². The zero-order chi connectivity index (χ0) is 18.4. The van der Waals surface area contributed by atoms with Gasteiger partial charge in [0.25, 0.3) is 5.91 Å². The Bertz CT molecular complexity index is 707. The summed E-state index contributed by atoms with van der Waals surface area (Å²) in [5.74, 6) is -2.09. The number of nitrogens with one attached hydrogen (secondary N) is 1. The third-order valence-corrected chi connectivity index (χ3v) is 4.23. The number of hydrogen-bond donors (Lipinski definition) is 2. The Hall–Kier alpha value is -2.72. The Balaban J connectivity index is 2.41. The topological polar surface area (TPSA) is 112 Å². The summed E-state index contributed by atoms with van der Waals surface area (Å²) in [7, 11) is 1.29. The molecule has 132 valence electrons. The molecule has 0 heterocycles. The molecule has 1 aliphatic carbocycles. The van der Waals surface area contributed by atoms with Crippen molar-refractivity contribution in [3.8, 4) is 6.07 Å². The fraction of sp³-hybridized carbons (Fsp3) is 0.444. The van der Waals surface area contributed by atoms with Crippen LogP contribution >= 0.6 is 0 Å². The van der Waals surface area contributed by atoms with Gasteiger partial charge in [-0.1, -0.05) is 30.3 Å². The number of esters is 1. The highest BCUT2D eigenvalue weighted by Gasteiger charge is 2.45. The van der Waals surface area contributed by atoms with Crippen molar-refractivity contribution in [2.24, 2.45) is 11.0 Å². The fourth-order valence-corrected chi connectivity index (χ4v) is 3.19. The highest BCUT2D eigenvalue weighted by molar-refractivity contribution is 6.04. The molecule has 0 saturated heterocycles. The molecule has 1 amide bonds. The van der Waals surface area contributed by atoms with E-state index in [-0.39, 0.29) is 18.8 Å². The molecular weight excluding hydrogens is 322 g/mol. The van der Waals surface area contributed by atoms with Crippen LogP contribution in [0.25, 0.3) is 0 Å². The van der Waals surface area contributed by atoms with E-state index in [1.807, 2.05) is 30.3 Å². The number of nitriles is 1. The molecule has 1 saturated carbocycles. The van der Waals surface area contributed by atoms with Crippen LogP contribution in [0.15, 0.2) is 35.4 Å². The fourth-order valence-electron chi connectivity index (χ4n) is 3.19. The van der Waals surface area contributed by atoms with Crippen LogP contribution in [0.3, 0.4) is 0 Å². The van der Waals surface area contributed by atoms with E-state index in [0.29, 0.717) is 12.1 Å². The van der Waals surface area contributed by atoms with Gasteiger partial charge in [-0.15, -0.1) is 0 Å². The largest absolute Gasteiger partial charge is 0.468 e. The molecule has 7 heteroatoms. The van der Waals surface area contributed by atoms with Gasteiger partial charge in [0.15, 0.2) is 0 Å². The molecule has 25 heavy (non-hydrogen) atoms. The SMILES string of the molecule is COC(=O)C1C(=NNC(=O)CC#N)CC(C)(O)CC1c1ccccc1. The molecule has 0 spiro atoms. The average Bonchev–Trinajstić information content (AvgIpc) is 2.59. The number of hydrazone groups is 1. The maximum atomic E-state index is 12.4. The molecule has 3 atom stereocenters. The average molecular weight is 343 g/mol. The van der Waals surface area contributed by atoms with Crippen molar-refractivity contribution in [3.63, 3.8) is 0 Å². The van der Waals surface area contributed by atoms with Gasteiger partial charge in [0.05, 0.1) is 24.5 Å². The second-order valence-corrected chi connectivity index (χ2v) is 6.37. The Labute approximate surface area is 146 Å². The Morgan fingerprint density at radius 2 is 2.12 bits per heavy atom. The molecular formula is C18H21N3O4. The second-order valence-electron chi connectivity index (χ2n) is 6.37. The van der Waals surface area contributed by atoms with Crippen LogP contribution in [0.4, 0.5) is 0 Å². The summed E-state index contributed by atoms with van der Waals surface area (Å²) in [6, 6.07) is 11.1. The van der Waals surface area contributed by atoms with Gasteiger partial charge in [0.1, 0.15) is 12.3 Å². The molecule has 3 unspecified atom stereocenters. The molecule has 7 nitrogen and oxygen atoms in total. The predicted molar refractivity (Wildman–Crippen MR) is 90.4 cm³/mol. The highest BCUT2D eigenvalue weighted by atomic mass is 16.5. The van der Waals surface area contributed by atoms with E-state index < -0.39 is 23.4 Å². The summed E-state index contributed by atoms with van der Waals surface area (Å²) < 4.78 is 4.93. The molecule has 2 N–H and O–H groups in total. The lowest BCUT2D eigenvalue weighted by Gasteiger charge is -2.39. The second kappa shape index (κ2) is 7.90. The monoisotopic (exact) mass is 343 g/mol. The molecule has 0 aliphatic heterocycles. The van der Waals surface area contributed by atoms with Gasteiger partial charge in [0, 0.05) is 12.3 Å². The van der Waals surface area contributed by atoms with E-state index in [0.717, 1.165) is 5.56 Å². The number of ether oxygens (including phenoxy) is 1. The van der Waals surface area contributed by atoms with E-state index in [2.05, 4.69) is 10.5 Å². The number of rotatable bonds is 4. The lowest BCUT2D eigenvalue weighted by atomic mass is 9.68. The van der Waals surface area contributed by atoms with Gasteiger partial charge in [-0.3, -0.25) is 9.59 Å². The first-order valence-electron chi connectivity index (χ1n) is 7.95. The molecule has 0 bridgehead atoms. The number of benzene rings is 1. The minimum Gasteiger partial charge on any atom is -0.468 e.